The van der Waals surface area contributed by atoms with E-state index >= 15 is 0 Å². The van der Waals surface area contributed by atoms with Crippen molar-refractivity contribution in [3.05, 3.63) is 76.1 Å². The maximum Gasteiger partial charge on any atom is 0.289 e. The van der Waals surface area contributed by atoms with Crippen LogP contribution in [-0.2, 0) is 11.3 Å². The number of rotatable bonds is 4. The molecule has 1 fully saturated rings. The Labute approximate surface area is 163 Å². The number of imide groups is 1. The fourth-order valence-corrected chi connectivity index (χ4v) is 3.73. The fourth-order valence-electron chi connectivity index (χ4n) is 3.00. The molecule has 1 aliphatic rings. The molecule has 3 aromatic rings. The van der Waals surface area contributed by atoms with Crippen LogP contribution in [0.5, 0.6) is 0 Å². The number of benzene rings is 2. The zero-order chi connectivity index (χ0) is 19.7. The van der Waals surface area contributed by atoms with Crippen LogP contribution in [0.1, 0.15) is 15.9 Å². The first-order valence-electron chi connectivity index (χ1n) is 8.51. The molecular weight excluding hydrogens is 378 g/mol. The SMILES string of the molecule is O=C(Nc1ccc(CN2C(=O)CSC2=O)cc1)c1cc(=O)[nH]c2ccccc12. The van der Waals surface area contributed by atoms with E-state index in [0.717, 1.165) is 17.3 Å². The molecule has 140 valence electrons. The highest BCUT2D eigenvalue weighted by Crippen LogP contribution is 2.22. The van der Waals surface area contributed by atoms with E-state index in [-0.39, 0.29) is 34.6 Å². The number of carbonyl (C=O) groups excluding carboxylic acids is 3. The van der Waals surface area contributed by atoms with Crippen molar-refractivity contribution < 1.29 is 14.4 Å². The molecule has 2 N–H and O–H groups in total. The lowest BCUT2D eigenvalue weighted by atomic mass is 10.1. The normalized spacial score (nSPS) is 13.9. The van der Waals surface area contributed by atoms with Crippen molar-refractivity contribution in [3.63, 3.8) is 0 Å². The van der Waals surface area contributed by atoms with Crippen molar-refractivity contribution in [1.82, 2.24) is 9.88 Å². The molecule has 3 amide bonds. The van der Waals surface area contributed by atoms with Crippen LogP contribution < -0.4 is 10.9 Å². The Hall–Kier alpha value is -3.39. The number of hydrogen-bond acceptors (Lipinski definition) is 5. The second-order valence-electron chi connectivity index (χ2n) is 6.28. The summed E-state index contributed by atoms with van der Waals surface area (Å²) >= 11 is 0.996. The van der Waals surface area contributed by atoms with Gasteiger partial charge < -0.3 is 10.3 Å². The maximum absolute atomic E-state index is 12.7. The molecule has 8 heteroatoms. The van der Waals surface area contributed by atoms with E-state index in [4.69, 9.17) is 0 Å². The number of thioether (sulfide) groups is 1. The number of aromatic nitrogens is 1. The number of para-hydroxylation sites is 1. The van der Waals surface area contributed by atoms with Crippen molar-refractivity contribution in [3.8, 4) is 0 Å². The zero-order valence-corrected chi connectivity index (χ0v) is 15.4. The van der Waals surface area contributed by atoms with Gasteiger partial charge in [0, 0.05) is 22.7 Å². The number of H-pyrrole nitrogens is 1. The Kier molecular flexibility index (Phi) is 4.70. The van der Waals surface area contributed by atoms with Crippen LogP contribution in [0.4, 0.5) is 10.5 Å². The van der Waals surface area contributed by atoms with Gasteiger partial charge in [-0.05, 0) is 23.8 Å². The number of nitrogens with zero attached hydrogens (tertiary/aromatic N) is 1. The molecule has 28 heavy (non-hydrogen) atoms. The fraction of sp³-hybridized carbons (Fsp3) is 0.100. The van der Waals surface area contributed by atoms with Gasteiger partial charge in [0.1, 0.15) is 0 Å². The number of amides is 3. The van der Waals surface area contributed by atoms with Gasteiger partial charge in [-0.15, -0.1) is 0 Å². The first kappa shape index (κ1) is 18.0. The topological polar surface area (TPSA) is 99.3 Å². The summed E-state index contributed by atoms with van der Waals surface area (Å²) in [4.78, 5) is 51.8. The summed E-state index contributed by atoms with van der Waals surface area (Å²) in [6.07, 6.45) is 0. The minimum Gasteiger partial charge on any atom is -0.322 e. The van der Waals surface area contributed by atoms with Crippen LogP contribution in [0.3, 0.4) is 0 Å². The largest absolute Gasteiger partial charge is 0.322 e. The van der Waals surface area contributed by atoms with E-state index < -0.39 is 5.91 Å². The Bertz CT molecular complexity index is 1140. The Morgan fingerprint density at radius 2 is 1.82 bits per heavy atom. The van der Waals surface area contributed by atoms with Gasteiger partial charge >= 0.3 is 0 Å². The number of hydrogen-bond donors (Lipinski definition) is 2. The molecule has 0 unspecified atom stereocenters. The second-order valence-corrected chi connectivity index (χ2v) is 7.20. The average Bonchev–Trinajstić information content (AvgIpc) is 3.00. The lowest BCUT2D eigenvalue weighted by molar-refractivity contribution is -0.125. The first-order chi connectivity index (χ1) is 13.5. The molecule has 2 aromatic carbocycles. The number of aromatic amines is 1. The Balaban J connectivity index is 1.52. The van der Waals surface area contributed by atoms with E-state index in [9.17, 15) is 19.2 Å². The standard InChI is InChI=1S/C20H15N3O4S/c24-17-9-15(14-3-1-2-4-16(14)22-17)19(26)21-13-7-5-12(6-8-13)10-23-18(25)11-28-20(23)27/h1-9H,10-11H2,(H,21,26)(H,22,24). The number of nitrogens with one attached hydrogen (secondary N) is 2. The highest BCUT2D eigenvalue weighted by molar-refractivity contribution is 8.14. The second kappa shape index (κ2) is 7.32. The van der Waals surface area contributed by atoms with E-state index in [1.807, 2.05) is 0 Å². The predicted molar refractivity (Wildman–Crippen MR) is 107 cm³/mol. The molecule has 0 saturated carbocycles. The smallest absolute Gasteiger partial charge is 0.289 e. The number of anilines is 1. The summed E-state index contributed by atoms with van der Waals surface area (Å²) in [6.45, 7) is 0.206. The van der Waals surface area contributed by atoms with Crippen molar-refractivity contribution in [2.45, 2.75) is 6.54 Å². The van der Waals surface area contributed by atoms with Crippen LogP contribution in [0.2, 0.25) is 0 Å². The summed E-state index contributed by atoms with van der Waals surface area (Å²) in [5, 5.41) is 3.18. The summed E-state index contributed by atoms with van der Waals surface area (Å²) in [5.41, 5.74) is 1.86. The van der Waals surface area contributed by atoms with Crippen molar-refractivity contribution in [2.75, 3.05) is 11.1 Å². The van der Waals surface area contributed by atoms with Crippen molar-refractivity contribution >= 4 is 45.4 Å². The average molecular weight is 393 g/mol. The number of pyridine rings is 1. The lowest BCUT2D eigenvalue weighted by Crippen LogP contribution is -2.27. The molecule has 1 aromatic heterocycles. The quantitative estimate of drug-likeness (QED) is 0.710. The third kappa shape index (κ3) is 3.54. The van der Waals surface area contributed by atoms with Crippen LogP contribution in [-0.4, -0.2) is 32.7 Å². The predicted octanol–water partition coefficient (Wildman–Crippen LogP) is 2.98. The molecule has 1 aliphatic heterocycles. The van der Waals surface area contributed by atoms with Gasteiger partial charge in [-0.2, -0.15) is 0 Å². The molecule has 0 aliphatic carbocycles. The van der Waals surface area contributed by atoms with Gasteiger partial charge in [-0.1, -0.05) is 42.1 Å². The molecule has 0 spiro atoms. The molecule has 1 saturated heterocycles. The Morgan fingerprint density at radius 1 is 1.07 bits per heavy atom. The van der Waals surface area contributed by atoms with Crippen LogP contribution in [0.25, 0.3) is 10.9 Å². The summed E-state index contributed by atoms with van der Waals surface area (Å²) in [5.74, 6) is -0.415. The summed E-state index contributed by atoms with van der Waals surface area (Å²) in [6, 6.07) is 15.2. The van der Waals surface area contributed by atoms with E-state index in [0.29, 0.717) is 16.6 Å². The van der Waals surface area contributed by atoms with Crippen LogP contribution in [0, 0.1) is 0 Å². The molecule has 0 radical (unpaired) electrons. The molecule has 7 nitrogen and oxygen atoms in total. The third-order valence-electron chi connectivity index (χ3n) is 4.39. The molecule has 2 heterocycles. The van der Waals surface area contributed by atoms with E-state index in [1.165, 1.54) is 11.0 Å². The lowest BCUT2D eigenvalue weighted by Gasteiger charge is -2.13. The highest BCUT2D eigenvalue weighted by Gasteiger charge is 2.29. The number of fused-ring (bicyclic) bond motifs is 1. The third-order valence-corrected chi connectivity index (χ3v) is 5.25. The number of carbonyl (C=O) groups is 3. The van der Waals surface area contributed by atoms with Crippen molar-refractivity contribution in [1.29, 1.82) is 0 Å². The van der Waals surface area contributed by atoms with Gasteiger partial charge in [0.05, 0.1) is 17.9 Å². The minimum atomic E-state index is -0.392. The minimum absolute atomic E-state index is 0.178. The van der Waals surface area contributed by atoms with Gasteiger partial charge in [-0.3, -0.25) is 24.1 Å². The molecule has 0 bridgehead atoms. The summed E-state index contributed by atoms with van der Waals surface area (Å²) in [7, 11) is 0. The van der Waals surface area contributed by atoms with E-state index in [1.54, 1.807) is 48.5 Å². The highest BCUT2D eigenvalue weighted by atomic mass is 32.2. The van der Waals surface area contributed by atoms with Crippen molar-refractivity contribution in [2.24, 2.45) is 0 Å². The van der Waals surface area contributed by atoms with Gasteiger partial charge in [0.15, 0.2) is 0 Å². The zero-order valence-electron chi connectivity index (χ0n) is 14.6. The first-order valence-corrected chi connectivity index (χ1v) is 9.49. The monoisotopic (exact) mass is 393 g/mol. The Morgan fingerprint density at radius 3 is 2.54 bits per heavy atom. The van der Waals surface area contributed by atoms with Crippen LogP contribution >= 0.6 is 11.8 Å². The van der Waals surface area contributed by atoms with E-state index in [2.05, 4.69) is 10.3 Å². The van der Waals surface area contributed by atoms with Gasteiger partial charge in [0.2, 0.25) is 11.5 Å². The molecular formula is C20H15N3O4S. The summed E-state index contributed by atoms with van der Waals surface area (Å²) < 4.78 is 0. The van der Waals surface area contributed by atoms with Crippen LogP contribution in [0.15, 0.2) is 59.4 Å². The van der Waals surface area contributed by atoms with Gasteiger partial charge in [0.25, 0.3) is 11.1 Å². The maximum atomic E-state index is 12.7. The van der Waals surface area contributed by atoms with Gasteiger partial charge in [-0.25, -0.2) is 0 Å². The molecule has 0 atom stereocenters. The molecule has 4 rings (SSSR count).